The fourth-order valence-corrected chi connectivity index (χ4v) is 3.21. The normalized spacial score (nSPS) is 20.7. The highest BCUT2D eigenvalue weighted by molar-refractivity contribution is 9.10. The summed E-state index contributed by atoms with van der Waals surface area (Å²) in [5.41, 5.74) is 3.95. The van der Waals surface area contributed by atoms with Crippen molar-refractivity contribution in [3.05, 3.63) is 58.6 Å². The Bertz CT molecular complexity index is 601. The lowest BCUT2D eigenvalue weighted by atomic mass is 9.76. The molecule has 0 aliphatic heterocycles. The molecule has 1 saturated carbocycles. The summed E-state index contributed by atoms with van der Waals surface area (Å²) in [6.07, 6.45) is 2.42. The van der Waals surface area contributed by atoms with Gasteiger partial charge in [0.15, 0.2) is 0 Å². The Hall–Kier alpha value is -1.48. The van der Waals surface area contributed by atoms with E-state index in [2.05, 4.69) is 88.8 Å². The highest BCUT2D eigenvalue weighted by atomic mass is 79.9. The van der Waals surface area contributed by atoms with Gasteiger partial charge >= 0.3 is 0 Å². The molecule has 2 nitrogen and oxygen atoms in total. The van der Waals surface area contributed by atoms with Crippen LogP contribution in [0.5, 0.6) is 0 Å². The second-order valence-electron chi connectivity index (χ2n) is 5.97. The topological polar surface area (TPSA) is 15.3 Å². The van der Waals surface area contributed by atoms with Crippen LogP contribution in [0.25, 0.3) is 0 Å². The van der Waals surface area contributed by atoms with Crippen LogP contribution in [0, 0.1) is 0 Å². The fraction of sp³-hybridized carbons (Fsp3) is 0.333. The standard InChI is InChI=1S/C18H21BrN2/c1-21(2)18-6-4-3-5-17(18)20-16-11-14(12-16)13-7-9-15(19)10-8-13/h3-10,14,16,20H,11-12H2,1-2H3. The minimum Gasteiger partial charge on any atom is -0.381 e. The Morgan fingerprint density at radius 3 is 2.33 bits per heavy atom. The lowest BCUT2D eigenvalue weighted by Gasteiger charge is -2.37. The van der Waals surface area contributed by atoms with Crippen LogP contribution in [-0.4, -0.2) is 20.1 Å². The van der Waals surface area contributed by atoms with Crippen molar-refractivity contribution in [1.82, 2.24) is 0 Å². The minimum atomic E-state index is 0.583. The quantitative estimate of drug-likeness (QED) is 0.850. The first-order chi connectivity index (χ1) is 10.1. The van der Waals surface area contributed by atoms with Crippen LogP contribution in [0.1, 0.15) is 24.3 Å². The summed E-state index contributed by atoms with van der Waals surface area (Å²) < 4.78 is 1.15. The van der Waals surface area contributed by atoms with E-state index in [9.17, 15) is 0 Å². The SMILES string of the molecule is CN(C)c1ccccc1NC1CC(c2ccc(Br)cc2)C1. The number of anilines is 2. The van der Waals surface area contributed by atoms with Crippen molar-refractivity contribution in [2.75, 3.05) is 24.3 Å². The van der Waals surface area contributed by atoms with E-state index in [0.29, 0.717) is 12.0 Å². The monoisotopic (exact) mass is 344 g/mol. The molecule has 3 rings (SSSR count). The molecule has 0 amide bonds. The molecule has 0 unspecified atom stereocenters. The Kier molecular flexibility index (Phi) is 4.20. The van der Waals surface area contributed by atoms with E-state index in [1.807, 2.05) is 0 Å². The van der Waals surface area contributed by atoms with Crippen LogP contribution < -0.4 is 10.2 Å². The number of hydrogen-bond donors (Lipinski definition) is 1. The van der Waals surface area contributed by atoms with E-state index < -0.39 is 0 Å². The first kappa shape index (κ1) is 14.5. The van der Waals surface area contributed by atoms with Gasteiger partial charge in [-0.15, -0.1) is 0 Å². The predicted molar refractivity (Wildman–Crippen MR) is 94.3 cm³/mol. The molecule has 21 heavy (non-hydrogen) atoms. The largest absolute Gasteiger partial charge is 0.381 e. The van der Waals surface area contributed by atoms with Gasteiger partial charge in [0, 0.05) is 24.6 Å². The molecule has 0 aromatic heterocycles. The molecule has 1 N–H and O–H groups in total. The number of nitrogens with one attached hydrogen (secondary N) is 1. The molecule has 3 heteroatoms. The molecule has 0 saturated heterocycles. The number of nitrogens with zero attached hydrogens (tertiary/aromatic N) is 1. The Labute approximate surface area is 135 Å². The minimum absolute atomic E-state index is 0.583. The third-order valence-electron chi connectivity index (χ3n) is 4.22. The van der Waals surface area contributed by atoms with Crippen LogP contribution >= 0.6 is 15.9 Å². The lowest BCUT2D eigenvalue weighted by Crippen LogP contribution is -2.34. The summed E-state index contributed by atoms with van der Waals surface area (Å²) in [6, 6.07) is 17.8. The van der Waals surface area contributed by atoms with Gasteiger partial charge in [-0.2, -0.15) is 0 Å². The average Bonchev–Trinajstić information content (AvgIpc) is 2.44. The molecule has 0 radical (unpaired) electrons. The predicted octanol–water partition coefficient (Wildman–Crippen LogP) is 4.87. The van der Waals surface area contributed by atoms with E-state index in [1.165, 1.54) is 29.8 Å². The Morgan fingerprint density at radius 2 is 1.67 bits per heavy atom. The van der Waals surface area contributed by atoms with Gasteiger partial charge in [-0.3, -0.25) is 0 Å². The molecular weight excluding hydrogens is 324 g/mol. The summed E-state index contributed by atoms with van der Waals surface area (Å²) in [6.45, 7) is 0. The molecular formula is C18H21BrN2. The van der Waals surface area contributed by atoms with Gasteiger partial charge in [0.2, 0.25) is 0 Å². The first-order valence-corrected chi connectivity index (χ1v) is 8.21. The van der Waals surface area contributed by atoms with Crippen LogP contribution in [0.15, 0.2) is 53.0 Å². The second-order valence-corrected chi connectivity index (χ2v) is 6.89. The molecule has 1 fully saturated rings. The van der Waals surface area contributed by atoms with Gasteiger partial charge in [-0.1, -0.05) is 40.2 Å². The summed E-state index contributed by atoms with van der Waals surface area (Å²) >= 11 is 3.50. The maximum Gasteiger partial charge on any atom is 0.0596 e. The molecule has 0 bridgehead atoms. The first-order valence-electron chi connectivity index (χ1n) is 7.42. The zero-order valence-corrected chi connectivity index (χ0v) is 14.1. The van der Waals surface area contributed by atoms with Gasteiger partial charge in [0.25, 0.3) is 0 Å². The number of hydrogen-bond acceptors (Lipinski definition) is 2. The van der Waals surface area contributed by atoms with Crippen LogP contribution in [-0.2, 0) is 0 Å². The molecule has 1 aliphatic rings. The van der Waals surface area contributed by atoms with Gasteiger partial charge in [-0.25, -0.2) is 0 Å². The molecule has 2 aromatic rings. The van der Waals surface area contributed by atoms with Gasteiger partial charge in [0.05, 0.1) is 11.4 Å². The van der Waals surface area contributed by atoms with Gasteiger partial charge in [0.1, 0.15) is 0 Å². The van der Waals surface area contributed by atoms with Gasteiger partial charge in [-0.05, 0) is 48.6 Å². The van der Waals surface area contributed by atoms with Crippen LogP contribution in [0.2, 0.25) is 0 Å². The maximum atomic E-state index is 3.69. The van der Waals surface area contributed by atoms with Crippen molar-refractivity contribution in [3.63, 3.8) is 0 Å². The highest BCUT2D eigenvalue weighted by Crippen LogP contribution is 2.39. The van der Waals surface area contributed by atoms with Crippen molar-refractivity contribution in [1.29, 1.82) is 0 Å². The summed E-state index contributed by atoms with van der Waals surface area (Å²) in [7, 11) is 4.18. The third-order valence-corrected chi connectivity index (χ3v) is 4.75. The van der Waals surface area contributed by atoms with Crippen molar-refractivity contribution in [2.45, 2.75) is 24.8 Å². The van der Waals surface area contributed by atoms with Crippen molar-refractivity contribution in [2.24, 2.45) is 0 Å². The maximum absolute atomic E-state index is 3.69. The van der Waals surface area contributed by atoms with Crippen LogP contribution in [0.4, 0.5) is 11.4 Å². The molecule has 2 aromatic carbocycles. The smallest absolute Gasteiger partial charge is 0.0596 e. The summed E-state index contributed by atoms with van der Waals surface area (Å²) in [5, 5.41) is 3.69. The molecule has 0 spiro atoms. The zero-order chi connectivity index (χ0) is 14.8. The molecule has 110 valence electrons. The average molecular weight is 345 g/mol. The second kappa shape index (κ2) is 6.10. The summed E-state index contributed by atoms with van der Waals surface area (Å²) in [4.78, 5) is 2.16. The van der Waals surface area contributed by atoms with E-state index in [4.69, 9.17) is 0 Å². The summed E-state index contributed by atoms with van der Waals surface area (Å²) in [5.74, 6) is 0.696. The molecule has 1 aliphatic carbocycles. The lowest BCUT2D eigenvalue weighted by molar-refractivity contribution is 0.374. The van der Waals surface area contributed by atoms with Gasteiger partial charge < -0.3 is 10.2 Å². The molecule has 0 atom stereocenters. The van der Waals surface area contributed by atoms with E-state index in [0.717, 1.165) is 4.47 Å². The Morgan fingerprint density at radius 1 is 1.00 bits per heavy atom. The number of rotatable bonds is 4. The zero-order valence-electron chi connectivity index (χ0n) is 12.5. The van der Waals surface area contributed by atoms with Crippen LogP contribution in [0.3, 0.4) is 0 Å². The van der Waals surface area contributed by atoms with E-state index in [1.54, 1.807) is 0 Å². The number of para-hydroxylation sites is 2. The molecule has 0 heterocycles. The van der Waals surface area contributed by atoms with Crippen molar-refractivity contribution < 1.29 is 0 Å². The number of benzene rings is 2. The van der Waals surface area contributed by atoms with E-state index >= 15 is 0 Å². The van der Waals surface area contributed by atoms with E-state index in [-0.39, 0.29) is 0 Å². The fourth-order valence-electron chi connectivity index (χ4n) is 2.95. The van der Waals surface area contributed by atoms with Crippen molar-refractivity contribution >= 4 is 27.3 Å². The Balaban J connectivity index is 1.61. The highest BCUT2D eigenvalue weighted by Gasteiger charge is 2.30. The van der Waals surface area contributed by atoms with Crippen molar-refractivity contribution in [3.8, 4) is 0 Å². The third kappa shape index (κ3) is 3.24. The number of halogens is 1.